The fourth-order valence-corrected chi connectivity index (χ4v) is 2.64. The van der Waals surface area contributed by atoms with Gasteiger partial charge in [0, 0.05) is 12.2 Å². The van der Waals surface area contributed by atoms with Crippen molar-refractivity contribution in [1.29, 1.82) is 0 Å². The van der Waals surface area contributed by atoms with Crippen molar-refractivity contribution in [3.8, 4) is 0 Å². The molecule has 0 saturated heterocycles. The van der Waals surface area contributed by atoms with Crippen molar-refractivity contribution >= 4 is 0 Å². The van der Waals surface area contributed by atoms with Crippen LogP contribution in [0.4, 0.5) is 4.39 Å². The summed E-state index contributed by atoms with van der Waals surface area (Å²) in [6.07, 6.45) is 2.44. The van der Waals surface area contributed by atoms with Crippen molar-refractivity contribution in [2.45, 2.75) is 39.7 Å². The number of hydrogen-bond donors (Lipinski definition) is 1. The van der Waals surface area contributed by atoms with E-state index in [9.17, 15) is 4.39 Å². The van der Waals surface area contributed by atoms with Crippen LogP contribution in [0.2, 0.25) is 0 Å². The summed E-state index contributed by atoms with van der Waals surface area (Å²) >= 11 is 0. The average Bonchev–Trinajstić information content (AvgIpc) is 2.90. The fourth-order valence-electron chi connectivity index (χ4n) is 2.64. The summed E-state index contributed by atoms with van der Waals surface area (Å²) in [7, 11) is 0. The molecular weight excluding hydrogens is 265 g/mol. The molecule has 3 nitrogen and oxygen atoms in total. The minimum atomic E-state index is -0.144. The zero-order valence-corrected chi connectivity index (χ0v) is 12.8. The number of hydrogen-bond acceptors (Lipinski definition) is 2. The maximum atomic E-state index is 13.8. The summed E-state index contributed by atoms with van der Waals surface area (Å²) in [5, 5.41) is 4.56. The standard InChI is InChI=1S/C17H24FN3/c1-3-15-11-16(21(4-2)20-15)10-13(12-19)9-14-7-5-6-8-17(14)18/h5-8,11,13H,3-4,9-10,12,19H2,1-2H3. The van der Waals surface area contributed by atoms with E-state index >= 15 is 0 Å². The van der Waals surface area contributed by atoms with E-state index < -0.39 is 0 Å². The molecule has 0 amide bonds. The highest BCUT2D eigenvalue weighted by Gasteiger charge is 2.15. The molecule has 4 heteroatoms. The Morgan fingerprint density at radius 2 is 2.00 bits per heavy atom. The number of nitrogens with two attached hydrogens (primary N) is 1. The van der Waals surface area contributed by atoms with Crippen LogP contribution in [0.15, 0.2) is 30.3 Å². The van der Waals surface area contributed by atoms with E-state index in [-0.39, 0.29) is 11.7 Å². The molecule has 1 aromatic carbocycles. The van der Waals surface area contributed by atoms with Gasteiger partial charge in [-0.2, -0.15) is 5.10 Å². The molecule has 2 rings (SSSR count). The molecule has 0 aliphatic rings. The van der Waals surface area contributed by atoms with Gasteiger partial charge in [0.1, 0.15) is 5.82 Å². The van der Waals surface area contributed by atoms with Crippen molar-refractivity contribution in [1.82, 2.24) is 9.78 Å². The lowest BCUT2D eigenvalue weighted by atomic mass is 9.94. The number of aromatic nitrogens is 2. The summed E-state index contributed by atoms with van der Waals surface area (Å²) in [6.45, 7) is 5.59. The SMILES string of the molecule is CCc1cc(CC(CN)Cc2ccccc2F)n(CC)n1. The maximum absolute atomic E-state index is 13.8. The summed E-state index contributed by atoms with van der Waals surface area (Å²) in [4.78, 5) is 0. The van der Waals surface area contributed by atoms with Gasteiger partial charge in [0.15, 0.2) is 0 Å². The molecule has 0 saturated carbocycles. The highest BCUT2D eigenvalue weighted by atomic mass is 19.1. The Balaban J connectivity index is 2.12. The van der Waals surface area contributed by atoms with Gasteiger partial charge in [0.25, 0.3) is 0 Å². The Hall–Kier alpha value is -1.68. The molecule has 0 bridgehead atoms. The van der Waals surface area contributed by atoms with E-state index in [0.29, 0.717) is 13.0 Å². The third-order valence-electron chi connectivity index (χ3n) is 3.87. The quantitative estimate of drug-likeness (QED) is 0.851. The van der Waals surface area contributed by atoms with E-state index in [1.54, 1.807) is 6.07 Å². The second kappa shape index (κ2) is 7.36. The van der Waals surface area contributed by atoms with Gasteiger partial charge in [0.05, 0.1) is 5.69 Å². The lowest BCUT2D eigenvalue weighted by Crippen LogP contribution is -2.21. The van der Waals surface area contributed by atoms with E-state index in [1.807, 2.05) is 16.8 Å². The lowest BCUT2D eigenvalue weighted by Gasteiger charge is -2.16. The Labute approximate surface area is 126 Å². The van der Waals surface area contributed by atoms with Crippen molar-refractivity contribution < 1.29 is 4.39 Å². The van der Waals surface area contributed by atoms with Crippen LogP contribution in [0.5, 0.6) is 0 Å². The van der Waals surface area contributed by atoms with E-state index in [1.165, 1.54) is 11.8 Å². The number of benzene rings is 1. The van der Waals surface area contributed by atoms with Crippen LogP contribution in [0, 0.1) is 11.7 Å². The Kier molecular flexibility index (Phi) is 5.51. The van der Waals surface area contributed by atoms with Crippen LogP contribution in [0.25, 0.3) is 0 Å². The third-order valence-corrected chi connectivity index (χ3v) is 3.87. The minimum Gasteiger partial charge on any atom is -0.330 e. The van der Waals surface area contributed by atoms with Crippen LogP contribution in [0.3, 0.4) is 0 Å². The Morgan fingerprint density at radius 3 is 2.62 bits per heavy atom. The summed E-state index contributed by atoms with van der Waals surface area (Å²) in [5.74, 6) is 0.0859. The fraction of sp³-hybridized carbons (Fsp3) is 0.471. The first-order chi connectivity index (χ1) is 10.2. The largest absolute Gasteiger partial charge is 0.330 e. The van der Waals surface area contributed by atoms with Crippen LogP contribution in [0.1, 0.15) is 30.8 Å². The van der Waals surface area contributed by atoms with Crippen molar-refractivity contribution in [2.75, 3.05) is 6.54 Å². The van der Waals surface area contributed by atoms with Crippen molar-refractivity contribution in [2.24, 2.45) is 11.7 Å². The van der Waals surface area contributed by atoms with Crippen molar-refractivity contribution in [3.63, 3.8) is 0 Å². The normalized spacial score (nSPS) is 12.6. The molecule has 114 valence electrons. The molecule has 21 heavy (non-hydrogen) atoms. The highest BCUT2D eigenvalue weighted by Crippen LogP contribution is 2.17. The molecule has 0 fully saturated rings. The zero-order chi connectivity index (χ0) is 15.2. The van der Waals surface area contributed by atoms with E-state index in [2.05, 4.69) is 25.0 Å². The number of rotatable bonds is 7. The first kappa shape index (κ1) is 15.7. The smallest absolute Gasteiger partial charge is 0.126 e. The molecule has 2 aromatic rings. The molecule has 0 radical (unpaired) electrons. The van der Waals surface area contributed by atoms with Crippen LogP contribution >= 0.6 is 0 Å². The molecule has 0 aliphatic heterocycles. The van der Waals surface area contributed by atoms with Gasteiger partial charge in [0.2, 0.25) is 0 Å². The Bertz CT molecular complexity index is 577. The van der Waals surface area contributed by atoms with Crippen LogP contribution < -0.4 is 5.73 Å². The number of halogens is 1. The van der Waals surface area contributed by atoms with Gasteiger partial charge < -0.3 is 5.73 Å². The van der Waals surface area contributed by atoms with Gasteiger partial charge in [-0.3, -0.25) is 4.68 Å². The average molecular weight is 289 g/mol. The topological polar surface area (TPSA) is 43.8 Å². The van der Waals surface area contributed by atoms with Crippen LogP contribution in [-0.2, 0) is 25.8 Å². The molecule has 0 aliphatic carbocycles. The van der Waals surface area contributed by atoms with Gasteiger partial charge >= 0.3 is 0 Å². The summed E-state index contributed by atoms with van der Waals surface area (Å²) in [5.41, 5.74) is 8.94. The molecule has 1 atom stereocenters. The molecule has 2 N–H and O–H groups in total. The molecule has 1 heterocycles. The maximum Gasteiger partial charge on any atom is 0.126 e. The third kappa shape index (κ3) is 3.91. The van der Waals surface area contributed by atoms with Gasteiger partial charge in [-0.15, -0.1) is 0 Å². The molecular formula is C17H24FN3. The predicted octanol–water partition coefficient (Wildman–Crippen LogP) is 2.96. The van der Waals surface area contributed by atoms with Crippen LogP contribution in [-0.4, -0.2) is 16.3 Å². The number of nitrogens with zero attached hydrogens (tertiary/aromatic N) is 2. The number of aryl methyl sites for hydroxylation is 2. The van der Waals surface area contributed by atoms with Crippen molar-refractivity contribution in [3.05, 3.63) is 53.1 Å². The first-order valence-corrected chi connectivity index (χ1v) is 7.66. The van der Waals surface area contributed by atoms with E-state index in [4.69, 9.17) is 5.73 Å². The Morgan fingerprint density at radius 1 is 1.24 bits per heavy atom. The first-order valence-electron chi connectivity index (χ1n) is 7.66. The van der Waals surface area contributed by atoms with Gasteiger partial charge in [-0.25, -0.2) is 4.39 Å². The molecule has 0 spiro atoms. The summed E-state index contributed by atoms with van der Waals surface area (Å²) < 4.78 is 15.8. The predicted molar refractivity (Wildman–Crippen MR) is 83.6 cm³/mol. The lowest BCUT2D eigenvalue weighted by molar-refractivity contribution is 0.486. The summed E-state index contributed by atoms with van der Waals surface area (Å²) in [6, 6.07) is 9.09. The molecule has 1 unspecified atom stereocenters. The molecule has 1 aromatic heterocycles. The minimum absolute atomic E-state index is 0.144. The zero-order valence-electron chi connectivity index (χ0n) is 12.8. The second-order valence-corrected chi connectivity index (χ2v) is 5.40. The van der Waals surface area contributed by atoms with Gasteiger partial charge in [-0.05, 0) is 56.3 Å². The van der Waals surface area contributed by atoms with E-state index in [0.717, 1.165) is 30.6 Å². The van der Waals surface area contributed by atoms with Gasteiger partial charge in [-0.1, -0.05) is 25.1 Å². The second-order valence-electron chi connectivity index (χ2n) is 5.40. The monoisotopic (exact) mass is 289 g/mol. The highest BCUT2D eigenvalue weighted by molar-refractivity contribution is 5.19.